The number of benzene rings is 1. The Morgan fingerprint density at radius 2 is 2.16 bits per heavy atom. The standard InChI is InChI=1S/C15H20BrN3/c1-9(2)19-14-6-4-11(16)8-13(14)18-15(19)10-3-5-12(17)7-10/h4,6,8-10,12H,3,5,7,17H2,1-2H3/t10-,12+/m1/s1. The summed E-state index contributed by atoms with van der Waals surface area (Å²) < 4.78 is 3.47. The van der Waals surface area contributed by atoms with Crippen LogP contribution in [0.2, 0.25) is 0 Å². The molecule has 1 aromatic carbocycles. The van der Waals surface area contributed by atoms with Crippen molar-refractivity contribution in [1.29, 1.82) is 0 Å². The van der Waals surface area contributed by atoms with Crippen LogP contribution in [0, 0.1) is 0 Å². The van der Waals surface area contributed by atoms with Gasteiger partial charge in [-0.25, -0.2) is 4.98 Å². The fourth-order valence-corrected chi connectivity index (χ4v) is 3.52. The van der Waals surface area contributed by atoms with Crippen molar-refractivity contribution in [3.63, 3.8) is 0 Å². The molecule has 1 fully saturated rings. The van der Waals surface area contributed by atoms with E-state index in [4.69, 9.17) is 10.7 Å². The summed E-state index contributed by atoms with van der Waals surface area (Å²) >= 11 is 3.53. The third-order valence-electron chi connectivity index (χ3n) is 4.03. The topological polar surface area (TPSA) is 43.8 Å². The lowest BCUT2D eigenvalue weighted by atomic mass is 10.1. The number of halogens is 1. The second-order valence-electron chi connectivity index (χ2n) is 5.84. The molecule has 0 bridgehead atoms. The van der Waals surface area contributed by atoms with E-state index in [0.717, 1.165) is 22.8 Å². The van der Waals surface area contributed by atoms with Crippen molar-refractivity contribution < 1.29 is 0 Å². The smallest absolute Gasteiger partial charge is 0.113 e. The maximum atomic E-state index is 6.06. The second kappa shape index (κ2) is 4.91. The number of nitrogens with two attached hydrogens (primary N) is 1. The number of hydrogen-bond acceptors (Lipinski definition) is 2. The van der Waals surface area contributed by atoms with E-state index in [1.807, 2.05) is 0 Å². The Morgan fingerprint density at radius 1 is 1.37 bits per heavy atom. The molecule has 1 heterocycles. The first kappa shape index (κ1) is 13.1. The van der Waals surface area contributed by atoms with Crippen LogP contribution in [0.15, 0.2) is 22.7 Å². The van der Waals surface area contributed by atoms with Gasteiger partial charge in [0.1, 0.15) is 5.82 Å². The van der Waals surface area contributed by atoms with Gasteiger partial charge in [-0.1, -0.05) is 15.9 Å². The summed E-state index contributed by atoms with van der Waals surface area (Å²) in [7, 11) is 0. The zero-order valence-corrected chi connectivity index (χ0v) is 13.0. The minimum absolute atomic E-state index is 0.345. The first-order chi connectivity index (χ1) is 9.06. The van der Waals surface area contributed by atoms with E-state index in [-0.39, 0.29) is 0 Å². The molecular weight excluding hydrogens is 302 g/mol. The normalized spacial score (nSPS) is 23.6. The van der Waals surface area contributed by atoms with E-state index in [1.54, 1.807) is 0 Å². The quantitative estimate of drug-likeness (QED) is 0.909. The number of aromatic nitrogens is 2. The maximum Gasteiger partial charge on any atom is 0.113 e. The van der Waals surface area contributed by atoms with Crippen molar-refractivity contribution in [3.8, 4) is 0 Å². The largest absolute Gasteiger partial charge is 0.328 e. The fourth-order valence-electron chi connectivity index (χ4n) is 3.17. The minimum atomic E-state index is 0.345. The minimum Gasteiger partial charge on any atom is -0.328 e. The molecule has 1 saturated carbocycles. The van der Waals surface area contributed by atoms with Crippen LogP contribution in [0.4, 0.5) is 0 Å². The van der Waals surface area contributed by atoms with Gasteiger partial charge in [0.05, 0.1) is 11.0 Å². The summed E-state index contributed by atoms with van der Waals surface area (Å²) in [6, 6.07) is 7.12. The van der Waals surface area contributed by atoms with Crippen LogP contribution in [0.25, 0.3) is 11.0 Å². The Bertz CT molecular complexity index is 603. The third kappa shape index (κ3) is 2.32. The highest BCUT2D eigenvalue weighted by molar-refractivity contribution is 9.10. The summed E-state index contributed by atoms with van der Waals surface area (Å²) in [5.41, 5.74) is 8.37. The molecule has 2 aromatic rings. The molecule has 2 N–H and O–H groups in total. The van der Waals surface area contributed by atoms with Crippen LogP contribution >= 0.6 is 15.9 Å². The van der Waals surface area contributed by atoms with Gasteiger partial charge in [-0.05, 0) is 51.3 Å². The molecule has 1 aromatic heterocycles. The zero-order valence-electron chi connectivity index (χ0n) is 11.4. The Labute approximate surface area is 122 Å². The molecule has 0 spiro atoms. The first-order valence-electron chi connectivity index (χ1n) is 6.99. The molecule has 4 heteroatoms. The lowest BCUT2D eigenvalue weighted by molar-refractivity contribution is 0.536. The zero-order chi connectivity index (χ0) is 13.6. The highest BCUT2D eigenvalue weighted by atomic mass is 79.9. The van der Waals surface area contributed by atoms with Gasteiger partial charge < -0.3 is 10.3 Å². The van der Waals surface area contributed by atoms with Crippen molar-refractivity contribution in [2.24, 2.45) is 5.73 Å². The maximum absolute atomic E-state index is 6.06. The lowest BCUT2D eigenvalue weighted by Gasteiger charge is -2.17. The predicted molar refractivity (Wildman–Crippen MR) is 82.4 cm³/mol. The van der Waals surface area contributed by atoms with Crippen molar-refractivity contribution in [1.82, 2.24) is 9.55 Å². The molecule has 3 nitrogen and oxygen atoms in total. The van der Waals surface area contributed by atoms with E-state index in [1.165, 1.54) is 17.8 Å². The number of nitrogens with zero attached hydrogens (tertiary/aromatic N) is 2. The van der Waals surface area contributed by atoms with Crippen molar-refractivity contribution >= 4 is 27.0 Å². The molecular formula is C15H20BrN3. The van der Waals surface area contributed by atoms with Gasteiger partial charge in [0.2, 0.25) is 0 Å². The van der Waals surface area contributed by atoms with Gasteiger partial charge >= 0.3 is 0 Å². The van der Waals surface area contributed by atoms with Gasteiger partial charge in [-0.2, -0.15) is 0 Å². The molecule has 19 heavy (non-hydrogen) atoms. The summed E-state index contributed by atoms with van der Waals surface area (Å²) in [5.74, 6) is 1.74. The molecule has 0 amide bonds. The van der Waals surface area contributed by atoms with Gasteiger partial charge in [-0.15, -0.1) is 0 Å². The molecule has 1 aliphatic carbocycles. The molecule has 0 radical (unpaired) electrons. The van der Waals surface area contributed by atoms with Crippen LogP contribution in [0.3, 0.4) is 0 Å². The molecule has 0 saturated heterocycles. The van der Waals surface area contributed by atoms with Crippen LogP contribution in [-0.2, 0) is 0 Å². The highest BCUT2D eigenvalue weighted by Crippen LogP contribution is 2.36. The predicted octanol–water partition coefficient (Wildman–Crippen LogP) is 3.97. The average molecular weight is 322 g/mol. The molecule has 3 rings (SSSR count). The van der Waals surface area contributed by atoms with Gasteiger partial charge in [-0.3, -0.25) is 0 Å². The summed E-state index contributed by atoms with van der Waals surface area (Å²) in [4.78, 5) is 4.89. The van der Waals surface area contributed by atoms with E-state index in [0.29, 0.717) is 18.0 Å². The van der Waals surface area contributed by atoms with Gasteiger partial charge in [0, 0.05) is 22.5 Å². The van der Waals surface area contributed by atoms with Crippen LogP contribution < -0.4 is 5.73 Å². The molecule has 0 unspecified atom stereocenters. The first-order valence-corrected chi connectivity index (χ1v) is 7.78. The number of fused-ring (bicyclic) bond motifs is 1. The van der Waals surface area contributed by atoms with Crippen LogP contribution in [0.5, 0.6) is 0 Å². The summed E-state index contributed by atoms with van der Waals surface area (Å²) in [5, 5.41) is 0. The van der Waals surface area contributed by atoms with Gasteiger partial charge in [0.15, 0.2) is 0 Å². The average Bonchev–Trinajstić information content (AvgIpc) is 2.91. The third-order valence-corrected chi connectivity index (χ3v) is 4.53. The Balaban J connectivity index is 2.14. The van der Waals surface area contributed by atoms with E-state index in [9.17, 15) is 0 Å². The number of imidazole rings is 1. The highest BCUT2D eigenvalue weighted by Gasteiger charge is 2.28. The molecule has 102 valence electrons. The monoisotopic (exact) mass is 321 g/mol. The Morgan fingerprint density at radius 3 is 2.79 bits per heavy atom. The van der Waals surface area contributed by atoms with E-state index in [2.05, 4.69) is 52.5 Å². The Kier molecular flexibility index (Phi) is 3.39. The van der Waals surface area contributed by atoms with Crippen molar-refractivity contribution in [2.45, 2.75) is 51.1 Å². The van der Waals surface area contributed by atoms with Crippen LogP contribution in [-0.4, -0.2) is 15.6 Å². The SMILES string of the molecule is CC(C)n1c([C@@H]2CC[C@H](N)C2)nc2cc(Br)ccc21. The summed E-state index contributed by atoms with van der Waals surface area (Å²) in [6.45, 7) is 4.45. The second-order valence-corrected chi connectivity index (χ2v) is 6.75. The molecule has 1 aliphatic rings. The molecule has 0 aliphatic heterocycles. The van der Waals surface area contributed by atoms with Crippen molar-refractivity contribution in [3.05, 3.63) is 28.5 Å². The Hall–Kier alpha value is -0.870. The van der Waals surface area contributed by atoms with E-state index < -0.39 is 0 Å². The molecule has 2 atom stereocenters. The van der Waals surface area contributed by atoms with Crippen LogP contribution in [0.1, 0.15) is 50.9 Å². The fraction of sp³-hybridized carbons (Fsp3) is 0.533. The van der Waals surface area contributed by atoms with Gasteiger partial charge in [0.25, 0.3) is 0 Å². The van der Waals surface area contributed by atoms with Crippen molar-refractivity contribution in [2.75, 3.05) is 0 Å². The summed E-state index contributed by atoms with van der Waals surface area (Å²) in [6.07, 6.45) is 3.35. The number of hydrogen-bond donors (Lipinski definition) is 1. The lowest BCUT2D eigenvalue weighted by Crippen LogP contribution is -2.16. The van der Waals surface area contributed by atoms with E-state index >= 15 is 0 Å². The number of rotatable bonds is 2.